The highest BCUT2D eigenvalue weighted by Gasteiger charge is 1.75. The van der Waals surface area contributed by atoms with Gasteiger partial charge in [0.2, 0.25) is 2.84 Å². The van der Waals surface area contributed by atoms with Crippen molar-refractivity contribution in [3.8, 4) is 0 Å². The molecule has 0 atom stereocenters. The molecule has 0 saturated heterocycles. The first-order valence-corrected chi connectivity index (χ1v) is 0.834. The van der Waals surface area contributed by atoms with Gasteiger partial charge in [-0.25, -0.2) is 10.3 Å². The summed E-state index contributed by atoms with van der Waals surface area (Å²) in [6.45, 7) is 0. The second kappa shape index (κ2) is 1.54. The number of nitrogens with one attached hydrogen (secondary N) is 1. The standard InChI is InChI=1S/CH4N2O2/c2-1(4)3-5/h5H,(H3,2,3,4)/i/hD4. The minimum absolute atomic E-state index is 0.306. The first kappa shape index (κ1) is 0.844. The molecule has 0 bridgehead atoms. The van der Waals surface area contributed by atoms with E-state index in [1.54, 1.807) is 0 Å². The molecular weight excluding hydrogens is 72.0 g/mol. The number of amides is 2. The summed E-state index contributed by atoms with van der Waals surface area (Å²) < 4.78 is 24.8. The first-order valence-electron chi connectivity index (χ1n) is 2.58. The Morgan fingerprint density at radius 2 is 3.60 bits per heavy atom. The number of carbonyl (C=O) groups is 1. The lowest BCUT2D eigenvalue weighted by Crippen LogP contribution is -2.25. The lowest BCUT2D eigenvalue weighted by Gasteiger charge is -1.79. The summed E-state index contributed by atoms with van der Waals surface area (Å²) in [6, 6.07) is -1.36. The van der Waals surface area contributed by atoms with Crippen LogP contribution in [0.15, 0.2) is 0 Å². The molecule has 2 amide bonds. The van der Waals surface area contributed by atoms with Crippen LogP contribution in [0, 0.1) is 0 Å². The summed E-state index contributed by atoms with van der Waals surface area (Å²) in [7, 11) is 0. The van der Waals surface area contributed by atoms with Crippen LogP contribution in [0.1, 0.15) is 0 Å². The van der Waals surface area contributed by atoms with Gasteiger partial charge in [0.05, 0.1) is 0 Å². The van der Waals surface area contributed by atoms with Crippen molar-refractivity contribution in [1.82, 2.24) is 5.47 Å². The second-order valence-electron chi connectivity index (χ2n) is 0.374. The zero-order valence-corrected chi connectivity index (χ0v) is 2.21. The van der Waals surface area contributed by atoms with Gasteiger partial charge in [0, 0.05) is 0 Å². The number of carbonyl (C=O) groups excluding carboxylic acids is 1. The summed E-state index contributed by atoms with van der Waals surface area (Å²) in [5, 5.41) is 3.29. The number of primary amides is 1. The van der Waals surface area contributed by atoms with Crippen LogP contribution >= 0.6 is 0 Å². The van der Waals surface area contributed by atoms with Crippen LogP contribution in [-0.4, -0.2) is 11.2 Å². The molecule has 30 valence electrons. The molecule has 0 unspecified atom stereocenters. The van der Waals surface area contributed by atoms with Gasteiger partial charge in [-0.1, -0.05) is 0 Å². The van der Waals surface area contributed by atoms with E-state index in [0.29, 0.717) is 0 Å². The lowest BCUT2D eigenvalue weighted by molar-refractivity contribution is 0.169. The van der Waals surface area contributed by atoms with E-state index in [9.17, 15) is 4.79 Å². The lowest BCUT2D eigenvalue weighted by atomic mass is 11.2. The van der Waals surface area contributed by atoms with Gasteiger partial charge >= 0.3 is 6.03 Å². The Labute approximate surface area is 34.4 Å². The molecule has 0 radical (unpaired) electrons. The maximum absolute atomic E-state index is 10.1. The highest BCUT2D eigenvalue weighted by Crippen LogP contribution is 1.38. The average molecular weight is 80.1 g/mol. The fourth-order valence-corrected chi connectivity index (χ4v) is 0. The van der Waals surface area contributed by atoms with E-state index < -0.39 is 6.03 Å². The van der Waals surface area contributed by atoms with E-state index in [2.05, 4.69) is 5.21 Å². The topological polar surface area (TPSA) is 75.3 Å². The van der Waals surface area contributed by atoms with Crippen molar-refractivity contribution in [2.75, 3.05) is 0 Å². The molecule has 0 saturated carbocycles. The number of hydroxylamine groups is 1. The molecule has 4 nitrogen and oxygen atoms in total. The summed E-state index contributed by atoms with van der Waals surface area (Å²) in [5.41, 5.74) is -0.679. The van der Waals surface area contributed by atoms with Gasteiger partial charge in [0.1, 0.15) is 0 Å². The minimum Gasteiger partial charge on any atom is -0.350 e. The number of rotatable bonds is 1. The second-order valence-corrected chi connectivity index (χ2v) is 0.374. The monoisotopic (exact) mass is 80.1 g/mol. The van der Waals surface area contributed by atoms with E-state index in [0.717, 1.165) is 0 Å². The maximum Gasteiger partial charge on any atom is 0.335 e. The van der Waals surface area contributed by atoms with Crippen LogP contribution in [0.2, 0.25) is 5.67 Å². The van der Waals surface area contributed by atoms with E-state index >= 15 is 0 Å². The summed E-state index contributed by atoms with van der Waals surface area (Å²) in [6.07, 6.45) is 0. The molecule has 5 heavy (non-hydrogen) atoms. The maximum atomic E-state index is 10.1. The van der Waals surface area contributed by atoms with E-state index in [1.807, 2.05) is 0 Å². The normalized spacial score (nSPS) is 16.8. The highest BCUT2D eigenvalue weighted by atomic mass is 16.5. The van der Waals surface area contributed by atoms with E-state index in [4.69, 9.17) is 5.67 Å². The largest absolute Gasteiger partial charge is 0.350 e. The Bertz CT molecular complexity index is 107. The zero-order chi connectivity index (χ0) is 7.44. The molecule has 0 aliphatic carbocycles. The molecule has 0 heterocycles. The molecule has 0 spiro atoms. The van der Waals surface area contributed by atoms with Crippen LogP contribution in [0.3, 0.4) is 0 Å². The van der Waals surface area contributed by atoms with Gasteiger partial charge in [-0.05, 0) is 0 Å². The molecule has 4 N–H and O–H groups in total. The molecule has 0 aliphatic heterocycles. The van der Waals surface area contributed by atoms with Crippen molar-refractivity contribution >= 4 is 6.03 Å². The fraction of sp³-hybridized carbons (Fsp3) is 0. The smallest absolute Gasteiger partial charge is 0.335 e. The Hall–Kier alpha value is -0.770. The van der Waals surface area contributed by atoms with Crippen molar-refractivity contribution in [3.63, 3.8) is 0 Å². The van der Waals surface area contributed by atoms with Crippen LogP contribution in [0.5, 0.6) is 0 Å². The quantitative estimate of drug-likeness (QED) is 0.280. The molecule has 0 fully saturated rings. The first-order chi connectivity index (χ1) is 4.09. The van der Waals surface area contributed by atoms with Gasteiger partial charge in [-0.3, -0.25) is 5.21 Å². The van der Waals surface area contributed by atoms with Crippen molar-refractivity contribution in [2.45, 2.75) is 0 Å². The molecule has 0 aromatic heterocycles. The summed E-state index contributed by atoms with van der Waals surface area (Å²) >= 11 is 0. The fourth-order valence-electron chi connectivity index (χ4n) is 0. The van der Waals surface area contributed by atoms with E-state index in [1.165, 1.54) is 0 Å². The molecule has 0 aromatic carbocycles. The van der Waals surface area contributed by atoms with Crippen LogP contribution in [0.25, 0.3) is 0 Å². The molecule has 4 heteroatoms. The van der Waals surface area contributed by atoms with Crippen LogP contribution < -0.4 is 11.2 Å². The van der Waals surface area contributed by atoms with Crippen molar-refractivity contribution in [3.05, 3.63) is 0 Å². The van der Waals surface area contributed by atoms with Crippen molar-refractivity contribution < 1.29 is 15.7 Å². The predicted octanol–water partition coefficient (Wildman–Crippen LogP) is -0.956. The third-order valence-electron chi connectivity index (χ3n) is 0.0781. The predicted molar refractivity (Wildman–Crippen MR) is 14.5 cm³/mol. The van der Waals surface area contributed by atoms with Gasteiger partial charge in [-0.15, -0.1) is 0 Å². The third kappa shape index (κ3) is 3.23. The highest BCUT2D eigenvalue weighted by molar-refractivity contribution is 5.69. The van der Waals surface area contributed by atoms with Gasteiger partial charge in [0.15, 0.2) is 2.82 Å². The number of hydrogen-bond acceptors (Lipinski definition) is 2. The van der Waals surface area contributed by atoms with Crippen LogP contribution in [-0.2, 0) is 0 Å². The molecule has 0 aliphatic rings. The summed E-state index contributed by atoms with van der Waals surface area (Å²) in [5.74, 6) is 0. The summed E-state index contributed by atoms with van der Waals surface area (Å²) in [4.78, 5) is 10.1. The molecule has 0 aromatic rings. The Kier molecular flexibility index (Phi) is 0.260. The third-order valence-corrected chi connectivity index (χ3v) is 0.0781. The van der Waals surface area contributed by atoms with Crippen molar-refractivity contribution in [1.29, 1.82) is 0 Å². The number of nitrogens with two attached hydrogens (primary N) is 1. The average Bonchev–Trinajstić information content (AvgIpc) is 1.84. The van der Waals surface area contributed by atoms with Gasteiger partial charge < -0.3 is 5.72 Å². The van der Waals surface area contributed by atoms with Gasteiger partial charge in [0.25, 0.3) is 0 Å². The van der Waals surface area contributed by atoms with Crippen LogP contribution in [0.4, 0.5) is 4.79 Å². The van der Waals surface area contributed by atoms with E-state index in [-0.39, 0.29) is 11.2 Å². The minimum atomic E-state index is -1.36. The zero-order valence-electron chi connectivity index (χ0n) is 6.21. The van der Waals surface area contributed by atoms with Gasteiger partial charge in [-0.2, -0.15) is 0 Å². The number of hydrogen-bond donors (Lipinski definition) is 3. The molecule has 0 rings (SSSR count). The molecular formula is CH4N2O2. The Morgan fingerprint density at radius 3 is 3.80 bits per heavy atom. The Morgan fingerprint density at radius 1 is 2.80 bits per heavy atom. The SMILES string of the molecule is [2H]ON([2H])C(=O)N([2H])[2H]. The van der Waals surface area contributed by atoms with Crippen molar-refractivity contribution in [2.24, 2.45) is 5.72 Å². The number of urea groups is 1. The Balaban J connectivity index is 3.73.